The van der Waals surface area contributed by atoms with Crippen molar-refractivity contribution in [2.45, 2.75) is 37.5 Å². The lowest BCUT2D eigenvalue weighted by molar-refractivity contribution is 0.456. The summed E-state index contributed by atoms with van der Waals surface area (Å²) in [6, 6.07) is 5.89. The Morgan fingerprint density at radius 1 is 0.810 bits per heavy atom. The summed E-state index contributed by atoms with van der Waals surface area (Å²) < 4.78 is 25.5. The maximum absolute atomic E-state index is 12.7. The Bertz CT molecular complexity index is 813. The van der Waals surface area contributed by atoms with Gasteiger partial charge in [-0.3, -0.25) is 0 Å². The first kappa shape index (κ1) is 15.4. The lowest BCUT2D eigenvalue weighted by atomic mass is 10.1. The first-order chi connectivity index (χ1) is 9.66. The smallest absolute Gasteiger partial charge is 0.210 e. The average molecular weight is 306 g/mol. The van der Waals surface area contributed by atoms with E-state index in [0.717, 1.165) is 11.1 Å². The minimum Gasteiger partial charge on any atom is -0.507 e. The number of benzene rings is 2. The summed E-state index contributed by atoms with van der Waals surface area (Å²) in [6.45, 7) is 6.83. The molecule has 0 amide bonds. The van der Waals surface area contributed by atoms with Crippen LogP contribution in [-0.4, -0.2) is 18.6 Å². The third-order valence-electron chi connectivity index (χ3n) is 3.74. The van der Waals surface area contributed by atoms with Crippen molar-refractivity contribution in [1.82, 2.24) is 0 Å². The molecule has 4 nitrogen and oxygen atoms in total. The van der Waals surface area contributed by atoms with Crippen LogP contribution in [0.15, 0.2) is 34.1 Å². The summed E-state index contributed by atoms with van der Waals surface area (Å²) in [4.78, 5) is -0.138. The van der Waals surface area contributed by atoms with Crippen LogP contribution in [0.2, 0.25) is 0 Å². The van der Waals surface area contributed by atoms with E-state index in [4.69, 9.17) is 0 Å². The Balaban J connectivity index is 2.75. The zero-order chi connectivity index (χ0) is 15.9. The van der Waals surface area contributed by atoms with Gasteiger partial charge in [0.05, 0.1) is 4.90 Å². The Morgan fingerprint density at radius 2 is 1.38 bits per heavy atom. The number of rotatable bonds is 2. The number of phenols is 2. The van der Waals surface area contributed by atoms with Crippen molar-refractivity contribution in [3.05, 3.63) is 46.5 Å². The summed E-state index contributed by atoms with van der Waals surface area (Å²) in [7, 11) is -3.89. The molecule has 2 rings (SSSR count). The number of sulfone groups is 1. The van der Waals surface area contributed by atoms with E-state index >= 15 is 0 Å². The monoisotopic (exact) mass is 306 g/mol. The minimum atomic E-state index is -3.89. The molecule has 0 aliphatic heterocycles. The second-order valence-corrected chi connectivity index (χ2v) is 7.15. The molecule has 0 fully saturated rings. The highest BCUT2D eigenvalue weighted by Gasteiger charge is 2.25. The number of phenolic OH excluding ortho intramolecular Hbond substituents is 2. The molecule has 0 spiro atoms. The first-order valence-corrected chi connectivity index (χ1v) is 7.99. The van der Waals surface area contributed by atoms with Gasteiger partial charge in [-0.25, -0.2) is 8.42 Å². The highest BCUT2D eigenvalue weighted by molar-refractivity contribution is 7.91. The van der Waals surface area contributed by atoms with Crippen molar-refractivity contribution in [2.24, 2.45) is 0 Å². The summed E-state index contributed by atoms with van der Waals surface area (Å²) in [5.74, 6) is -0.322. The average Bonchev–Trinajstić information content (AvgIpc) is 2.39. The van der Waals surface area contributed by atoms with Gasteiger partial charge in [-0.2, -0.15) is 0 Å². The predicted octanol–water partition coefficient (Wildman–Crippen LogP) is 3.16. The van der Waals surface area contributed by atoms with Gasteiger partial charge >= 0.3 is 0 Å². The van der Waals surface area contributed by atoms with Crippen LogP contribution in [0, 0.1) is 27.7 Å². The molecule has 2 aromatic rings. The predicted molar refractivity (Wildman–Crippen MR) is 80.6 cm³/mol. The summed E-state index contributed by atoms with van der Waals surface area (Å²) in [6.07, 6.45) is 0. The van der Waals surface area contributed by atoms with Crippen molar-refractivity contribution in [2.75, 3.05) is 0 Å². The van der Waals surface area contributed by atoms with Crippen LogP contribution < -0.4 is 0 Å². The van der Waals surface area contributed by atoms with E-state index in [0.29, 0.717) is 5.56 Å². The molecule has 0 bridgehead atoms. The van der Waals surface area contributed by atoms with Gasteiger partial charge in [0, 0.05) is 5.56 Å². The lowest BCUT2D eigenvalue weighted by Crippen LogP contribution is -2.06. The molecule has 0 saturated heterocycles. The van der Waals surface area contributed by atoms with E-state index in [1.54, 1.807) is 33.8 Å². The largest absolute Gasteiger partial charge is 0.507 e. The third kappa shape index (κ3) is 2.49. The first-order valence-electron chi connectivity index (χ1n) is 6.50. The Kier molecular flexibility index (Phi) is 3.72. The van der Waals surface area contributed by atoms with Gasteiger partial charge in [0.25, 0.3) is 0 Å². The van der Waals surface area contributed by atoms with Crippen LogP contribution in [0.25, 0.3) is 0 Å². The van der Waals surface area contributed by atoms with E-state index in [2.05, 4.69) is 0 Å². The van der Waals surface area contributed by atoms with Crippen molar-refractivity contribution in [1.29, 1.82) is 0 Å². The molecule has 2 N–H and O–H groups in total. The molecule has 5 heteroatoms. The van der Waals surface area contributed by atoms with Gasteiger partial charge in [0.2, 0.25) is 9.84 Å². The topological polar surface area (TPSA) is 74.6 Å². The molecule has 0 aliphatic rings. The number of hydrogen-bond donors (Lipinski definition) is 2. The van der Waals surface area contributed by atoms with Crippen molar-refractivity contribution in [3.8, 4) is 11.5 Å². The Labute approximate surface area is 124 Å². The second-order valence-electron chi connectivity index (χ2n) is 5.26. The van der Waals surface area contributed by atoms with Gasteiger partial charge in [-0.05, 0) is 62.6 Å². The number of aryl methyl sites for hydroxylation is 3. The van der Waals surface area contributed by atoms with Crippen LogP contribution in [0.1, 0.15) is 22.3 Å². The van der Waals surface area contributed by atoms with Gasteiger partial charge in [0.1, 0.15) is 16.4 Å². The molecule has 0 unspecified atom stereocenters. The quantitative estimate of drug-likeness (QED) is 0.893. The second kappa shape index (κ2) is 5.07. The van der Waals surface area contributed by atoms with Gasteiger partial charge in [0.15, 0.2) is 0 Å². The highest BCUT2D eigenvalue weighted by Crippen LogP contribution is 2.35. The van der Waals surface area contributed by atoms with Crippen LogP contribution in [0.4, 0.5) is 0 Å². The molecule has 2 aromatic carbocycles. The van der Waals surface area contributed by atoms with Crippen LogP contribution >= 0.6 is 0 Å². The van der Waals surface area contributed by atoms with Crippen molar-refractivity contribution < 1.29 is 18.6 Å². The normalized spacial score (nSPS) is 11.6. The summed E-state index contributed by atoms with van der Waals surface area (Å²) in [5, 5.41) is 19.9. The number of hydrogen-bond acceptors (Lipinski definition) is 4. The molecule has 0 atom stereocenters. The van der Waals surface area contributed by atoms with Crippen molar-refractivity contribution in [3.63, 3.8) is 0 Å². The fourth-order valence-corrected chi connectivity index (χ4v) is 3.87. The SMILES string of the molecule is Cc1cc(O)c(S(=O)(=O)c2ccc(C)c(O)c2C)cc1C. The summed E-state index contributed by atoms with van der Waals surface area (Å²) >= 11 is 0. The standard InChI is InChI=1S/C16H18O4S/c1-9-5-6-14(12(4)16(9)18)21(19,20)15-8-11(3)10(2)7-13(15)17/h5-8,17-18H,1-4H3. The zero-order valence-corrected chi connectivity index (χ0v) is 13.2. The fraction of sp³-hybridized carbons (Fsp3) is 0.250. The van der Waals surface area contributed by atoms with Gasteiger partial charge in [-0.15, -0.1) is 0 Å². The number of aromatic hydroxyl groups is 2. The van der Waals surface area contributed by atoms with Crippen LogP contribution in [0.3, 0.4) is 0 Å². The molecule has 0 aliphatic carbocycles. The van der Waals surface area contributed by atoms with Crippen LogP contribution in [0.5, 0.6) is 11.5 Å². The van der Waals surface area contributed by atoms with Gasteiger partial charge in [-0.1, -0.05) is 6.07 Å². The van der Waals surface area contributed by atoms with Crippen LogP contribution in [-0.2, 0) is 9.84 Å². The van der Waals surface area contributed by atoms with E-state index in [9.17, 15) is 18.6 Å². The fourth-order valence-electron chi connectivity index (χ4n) is 2.22. The van der Waals surface area contributed by atoms with E-state index in [1.807, 2.05) is 0 Å². The zero-order valence-electron chi connectivity index (χ0n) is 12.4. The molecule has 112 valence electrons. The maximum atomic E-state index is 12.7. The molecule has 0 heterocycles. The molecule has 21 heavy (non-hydrogen) atoms. The van der Waals surface area contributed by atoms with E-state index in [-0.39, 0.29) is 26.9 Å². The summed E-state index contributed by atoms with van der Waals surface area (Å²) in [5.41, 5.74) is 2.48. The minimum absolute atomic E-state index is 0.00385. The highest BCUT2D eigenvalue weighted by atomic mass is 32.2. The van der Waals surface area contributed by atoms with E-state index in [1.165, 1.54) is 18.2 Å². The third-order valence-corrected chi connectivity index (χ3v) is 5.66. The van der Waals surface area contributed by atoms with Crippen molar-refractivity contribution >= 4 is 9.84 Å². The Morgan fingerprint density at radius 3 is 2.00 bits per heavy atom. The molecular weight excluding hydrogens is 288 g/mol. The molecule has 0 saturated carbocycles. The molecular formula is C16H18O4S. The maximum Gasteiger partial charge on any atom is 0.210 e. The lowest BCUT2D eigenvalue weighted by Gasteiger charge is -2.13. The van der Waals surface area contributed by atoms with Gasteiger partial charge < -0.3 is 10.2 Å². The Hall–Kier alpha value is -2.01. The molecule has 0 radical (unpaired) electrons. The van der Waals surface area contributed by atoms with E-state index < -0.39 is 9.84 Å². The molecule has 0 aromatic heterocycles.